The van der Waals surface area contributed by atoms with Crippen LogP contribution in [0.1, 0.15) is 16.9 Å². The minimum atomic E-state index is -1.40. The van der Waals surface area contributed by atoms with Crippen molar-refractivity contribution in [1.29, 1.82) is 0 Å². The molecule has 0 unspecified atom stereocenters. The first-order valence-electron chi connectivity index (χ1n) is 11.3. The molecule has 4 N–H and O–H groups in total. The number of benzene rings is 1. The number of alkyl halides is 1. The molecule has 1 aliphatic rings. The van der Waals surface area contributed by atoms with Gasteiger partial charge in [0.15, 0.2) is 5.69 Å². The van der Waals surface area contributed by atoms with Crippen LogP contribution < -0.4 is 16.6 Å². The third-order valence-electron chi connectivity index (χ3n) is 6.09. The van der Waals surface area contributed by atoms with Gasteiger partial charge in [-0.05, 0) is 29.8 Å². The Labute approximate surface area is 208 Å². The first-order chi connectivity index (χ1) is 17.8. The normalized spacial score (nSPS) is 17.2. The van der Waals surface area contributed by atoms with Gasteiger partial charge in [0.2, 0.25) is 17.4 Å². The van der Waals surface area contributed by atoms with E-state index in [2.05, 4.69) is 25.6 Å². The summed E-state index contributed by atoms with van der Waals surface area (Å²) in [4.78, 5) is 53.2. The molecule has 0 radical (unpaired) electrons. The number of H-pyrrole nitrogens is 1. The van der Waals surface area contributed by atoms with E-state index in [1.54, 1.807) is 30.5 Å². The van der Waals surface area contributed by atoms with Gasteiger partial charge in [-0.2, -0.15) is 15.3 Å². The third-order valence-corrected chi connectivity index (χ3v) is 6.09. The van der Waals surface area contributed by atoms with Gasteiger partial charge in [-0.3, -0.25) is 23.9 Å². The standard InChI is InChI=1S/C24H21FN8O4/c25-15-9-18(24(37)30-19-2-1-3-20(34)29-19)32(11-15)21(35)12-33-17-5-4-13(14-6-7-27-28-10-14)8-16(17)22(31-33)23(26)36/h1-8,10,15,18H,9,11-12H2,(H2,26,36)(H2,29,30,34,37)/t15-,18+/m1/s1. The highest BCUT2D eigenvalue weighted by molar-refractivity contribution is 6.05. The van der Waals surface area contributed by atoms with E-state index >= 15 is 0 Å². The lowest BCUT2D eigenvalue weighted by Crippen LogP contribution is -2.44. The lowest BCUT2D eigenvalue weighted by molar-refractivity contribution is -0.137. The molecular weight excluding hydrogens is 483 g/mol. The molecule has 1 aromatic carbocycles. The van der Waals surface area contributed by atoms with Crippen molar-refractivity contribution in [2.24, 2.45) is 5.73 Å². The number of aromatic amines is 1. The average Bonchev–Trinajstić information content (AvgIpc) is 3.45. The van der Waals surface area contributed by atoms with Crippen LogP contribution in [0.5, 0.6) is 0 Å². The van der Waals surface area contributed by atoms with E-state index in [-0.39, 0.29) is 31.0 Å². The maximum absolute atomic E-state index is 14.3. The average molecular weight is 504 g/mol. The smallest absolute Gasteiger partial charge is 0.269 e. The van der Waals surface area contributed by atoms with E-state index in [0.717, 1.165) is 16.0 Å². The fraction of sp³-hybridized carbons (Fsp3) is 0.208. The van der Waals surface area contributed by atoms with Gasteiger partial charge in [0, 0.05) is 23.4 Å². The number of rotatable bonds is 6. The molecule has 37 heavy (non-hydrogen) atoms. The van der Waals surface area contributed by atoms with Crippen molar-refractivity contribution in [1.82, 2.24) is 29.9 Å². The van der Waals surface area contributed by atoms with E-state index in [0.29, 0.717) is 10.9 Å². The highest BCUT2D eigenvalue weighted by atomic mass is 19.1. The van der Waals surface area contributed by atoms with Crippen molar-refractivity contribution in [2.45, 2.75) is 25.2 Å². The molecule has 12 nitrogen and oxygen atoms in total. The number of aromatic nitrogens is 5. The molecule has 4 aromatic rings. The van der Waals surface area contributed by atoms with Gasteiger partial charge in [-0.25, -0.2) is 4.39 Å². The number of carbonyl (C=O) groups excluding carboxylic acids is 3. The van der Waals surface area contributed by atoms with E-state index in [4.69, 9.17) is 5.73 Å². The highest BCUT2D eigenvalue weighted by Crippen LogP contribution is 2.27. The zero-order chi connectivity index (χ0) is 26.1. The second-order valence-electron chi connectivity index (χ2n) is 8.55. The molecule has 0 bridgehead atoms. The summed E-state index contributed by atoms with van der Waals surface area (Å²) in [6.45, 7) is -0.623. The van der Waals surface area contributed by atoms with Crippen LogP contribution in [0, 0.1) is 0 Å². The topological polar surface area (TPSA) is 169 Å². The molecule has 5 rings (SSSR count). The third kappa shape index (κ3) is 4.78. The Hall–Kier alpha value is -4.94. The summed E-state index contributed by atoms with van der Waals surface area (Å²) in [6, 6.07) is 10.1. The molecule has 0 aliphatic carbocycles. The maximum atomic E-state index is 14.3. The van der Waals surface area contributed by atoms with Crippen LogP contribution in [-0.2, 0) is 16.1 Å². The molecule has 3 amide bonds. The van der Waals surface area contributed by atoms with E-state index in [1.165, 1.54) is 29.1 Å². The van der Waals surface area contributed by atoms with E-state index < -0.39 is 35.5 Å². The van der Waals surface area contributed by atoms with E-state index in [1.807, 2.05) is 0 Å². The van der Waals surface area contributed by atoms with Gasteiger partial charge in [0.25, 0.3) is 5.91 Å². The Bertz CT molecular complexity index is 1570. The van der Waals surface area contributed by atoms with Gasteiger partial charge in [-0.15, -0.1) is 0 Å². The Morgan fingerprint density at radius 1 is 1.14 bits per heavy atom. The first kappa shape index (κ1) is 23.8. The molecule has 2 atom stereocenters. The number of primary amides is 1. The predicted octanol–water partition coefficient (Wildman–Crippen LogP) is 0.858. The first-order valence-corrected chi connectivity index (χ1v) is 11.3. The Kier molecular flexibility index (Phi) is 6.17. The second kappa shape index (κ2) is 9.60. The summed E-state index contributed by atoms with van der Waals surface area (Å²) in [7, 11) is 0. The Morgan fingerprint density at radius 3 is 2.70 bits per heavy atom. The number of carbonyl (C=O) groups is 3. The minimum Gasteiger partial charge on any atom is -0.364 e. The summed E-state index contributed by atoms with van der Waals surface area (Å²) >= 11 is 0. The number of halogens is 1. The molecule has 1 aliphatic heterocycles. The predicted molar refractivity (Wildman–Crippen MR) is 130 cm³/mol. The molecule has 13 heteroatoms. The number of anilines is 1. The second-order valence-corrected chi connectivity index (χ2v) is 8.55. The van der Waals surface area contributed by atoms with Gasteiger partial charge in [0.1, 0.15) is 24.6 Å². The summed E-state index contributed by atoms with van der Waals surface area (Å²) < 4.78 is 15.6. The number of nitrogens with zero attached hydrogens (tertiary/aromatic N) is 5. The number of likely N-dealkylation sites (tertiary alicyclic amines) is 1. The highest BCUT2D eigenvalue weighted by Gasteiger charge is 2.40. The van der Waals surface area contributed by atoms with Crippen LogP contribution in [0.4, 0.5) is 10.2 Å². The monoisotopic (exact) mass is 504 g/mol. The molecule has 0 spiro atoms. The van der Waals surface area contributed by atoms with Gasteiger partial charge in [0.05, 0.1) is 24.5 Å². The number of pyridine rings is 1. The summed E-state index contributed by atoms with van der Waals surface area (Å²) in [5, 5.41) is 14.8. The molecule has 188 valence electrons. The molecule has 1 fully saturated rings. The van der Waals surface area contributed by atoms with Crippen molar-refractivity contribution >= 4 is 34.4 Å². The van der Waals surface area contributed by atoms with Crippen LogP contribution in [0.3, 0.4) is 0 Å². The van der Waals surface area contributed by atoms with Crippen molar-refractivity contribution in [3.8, 4) is 11.1 Å². The van der Waals surface area contributed by atoms with Crippen molar-refractivity contribution in [2.75, 3.05) is 11.9 Å². The largest absolute Gasteiger partial charge is 0.364 e. The maximum Gasteiger partial charge on any atom is 0.269 e. The summed E-state index contributed by atoms with van der Waals surface area (Å²) in [6.07, 6.45) is 1.51. The fourth-order valence-electron chi connectivity index (χ4n) is 4.39. The van der Waals surface area contributed by atoms with Crippen LogP contribution in [-0.4, -0.2) is 66.3 Å². The van der Waals surface area contributed by atoms with Gasteiger partial charge >= 0.3 is 0 Å². The number of nitrogens with one attached hydrogen (secondary N) is 2. The van der Waals surface area contributed by atoms with Crippen LogP contribution in [0.25, 0.3) is 22.0 Å². The lowest BCUT2D eigenvalue weighted by atomic mass is 10.0. The number of fused-ring (bicyclic) bond motifs is 1. The van der Waals surface area contributed by atoms with Gasteiger partial charge < -0.3 is 20.9 Å². The van der Waals surface area contributed by atoms with Crippen molar-refractivity contribution < 1.29 is 18.8 Å². The zero-order valence-electron chi connectivity index (χ0n) is 19.3. The van der Waals surface area contributed by atoms with Crippen LogP contribution >= 0.6 is 0 Å². The number of amides is 3. The SMILES string of the molecule is NC(=O)c1nn(CC(=O)N2C[C@H](F)C[C@H]2C(=O)Nc2cccc(=O)[nH]2)c2ccc(-c3ccnnc3)cc12. The Morgan fingerprint density at radius 2 is 1.97 bits per heavy atom. The molecular formula is C24H21FN8O4. The van der Waals surface area contributed by atoms with Gasteiger partial charge in [-0.1, -0.05) is 12.1 Å². The number of hydrogen-bond donors (Lipinski definition) is 3. The fourth-order valence-corrected chi connectivity index (χ4v) is 4.39. The van der Waals surface area contributed by atoms with Crippen molar-refractivity contribution in [3.63, 3.8) is 0 Å². The van der Waals surface area contributed by atoms with Crippen LogP contribution in [0.15, 0.2) is 59.7 Å². The number of hydrogen-bond acceptors (Lipinski definition) is 7. The molecule has 4 heterocycles. The zero-order valence-corrected chi connectivity index (χ0v) is 19.3. The summed E-state index contributed by atoms with van der Waals surface area (Å²) in [5.74, 6) is -1.84. The minimum absolute atomic E-state index is 0.0289. The molecule has 1 saturated heterocycles. The van der Waals surface area contributed by atoms with Crippen molar-refractivity contribution in [3.05, 3.63) is 70.9 Å². The Balaban J connectivity index is 1.41. The van der Waals surface area contributed by atoms with Crippen LogP contribution in [0.2, 0.25) is 0 Å². The summed E-state index contributed by atoms with van der Waals surface area (Å²) in [5.41, 5.74) is 7.06. The lowest BCUT2D eigenvalue weighted by Gasteiger charge is -2.23. The molecule has 0 saturated carbocycles. The molecule has 3 aromatic heterocycles. The quantitative estimate of drug-likeness (QED) is 0.350. The van der Waals surface area contributed by atoms with E-state index in [9.17, 15) is 23.6 Å². The number of nitrogens with two attached hydrogens (primary N) is 1.